The molecule has 5 aliphatic rings. The summed E-state index contributed by atoms with van der Waals surface area (Å²) in [6, 6.07) is -0.399. The number of carboxylic acids is 2. The molecule has 12 nitrogen and oxygen atoms in total. The molecule has 4 saturated carbocycles. The van der Waals surface area contributed by atoms with Crippen molar-refractivity contribution in [2.24, 2.45) is 17.8 Å². The van der Waals surface area contributed by atoms with E-state index in [1.165, 1.54) is 38.4 Å². The van der Waals surface area contributed by atoms with Gasteiger partial charge in [0, 0.05) is 18.2 Å². The standard InChI is InChI=1S/C28H37N7O5/c36-21(37)12-20(26(38)39)23-22-24(31-27(40)32-28-13-17-9-18(14-28)11-19(10-17)15-28)29-16-30-25(22)35(33-23)8-7-34-5-3-1-2-4-6-34/h12,16-19H,1-11,13-15H2,(H,36,37)(H,38,39)(H2,29,30,31,32,40)/b20-12-. The zero-order valence-electron chi connectivity index (χ0n) is 22.6. The van der Waals surface area contributed by atoms with E-state index in [-0.39, 0.29) is 22.4 Å². The maximum absolute atomic E-state index is 13.4. The zero-order chi connectivity index (χ0) is 27.9. The predicted octanol–water partition coefficient (Wildman–Crippen LogP) is 3.35. The number of carbonyl (C=O) groups excluding carboxylic acids is 1. The molecule has 0 unspecified atom stereocenters. The van der Waals surface area contributed by atoms with Gasteiger partial charge >= 0.3 is 18.0 Å². The molecule has 1 saturated heterocycles. The Hall–Kier alpha value is -3.54. The van der Waals surface area contributed by atoms with Crippen molar-refractivity contribution in [3.8, 4) is 0 Å². The molecule has 40 heavy (non-hydrogen) atoms. The third-order valence-electron chi connectivity index (χ3n) is 9.26. The van der Waals surface area contributed by atoms with Gasteiger partial charge < -0.3 is 20.4 Å². The van der Waals surface area contributed by atoms with Crippen LogP contribution < -0.4 is 10.6 Å². The number of rotatable bonds is 8. The van der Waals surface area contributed by atoms with Gasteiger partial charge in [-0.05, 0) is 82.2 Å². The average molecular weight is 552 g/mol. The summed E-state index contributed by atoms with van der Waals surface area (Å²) in [6.45, 7) is 3.10. The van der Waals surface area contributed by atoms with Crippen molar-refractivity contribution in [3.05, 3.63) is 18.1 Å². The first kappa shape index (κ1) is 26.7. The average Bonchev–Trinajstić information content (AvgIpc) is 3.05. The van der Waals surface area contributed by atoms with Crippen molar-refractivity contribution in [3.63, 3.8) is 0 Å². The van der Waals surface area contributed by atoms with Crippen LogP contribution >= 0.6 is 0 Å². The first-order valence-corrected chi connectivity index (χ1v) is 14.5. The number of hydrogen-bond acceptors (Lipinski definition) is 7. The van der Waals surface area contributed by atoms with Gasteiger partial charge in [0.2, 0.25) is 0 Å². The Kier molecular flexibility index (Phi) is 7.20. The minimum absolute atomic E-state index is 0.0773. The van der Waals surface area contributed by atoms with Crippen LogP contribution in [0.4, 0.5) is 10.6 Å². The normalized spacial score (nSPS) is 28.4. The van der Waals surface area contributed by atoms with Crippen molar-refractivity contribution in [2.45, 2.75) is 76.3 Å². The number of urea groups is 1. The SMILES string of the molecule is O=C(O)/C=C(\C(=O)O)c1nn(CCN2CCCCCC2)c2ncnc(NC(=O)NC34CC5CC(CC(C5)C3)C4)c12. The van der Waals surface area contributed by atoms with E-state index < -0.39 is 23.5 Å². The van der Waals surface area contributed by atoms with Crippen LogP contribution in [0, 0.1) is 17.8 Å². The van der Waals surface area contributed by atoms with E-state index in [1.54, 1.807) is 4.68 Å². The smallest absolute Gasteiger partial charge is 0.338 e. The quantitative estimate of drug-likeness (QED) is 0.360. The summed E-state index contributed by atoms with van der Waals surface area (Å²) >= 11 is 0. The number of aliphatic carboxylic acids is 2. The Morgan fingerprint density at radius 3 is 2.20 bits per heavy atom. The lowest BCUT2D eigenvalue weighted by atomic mass is 9.53. The van der Waals surface area contributed by atoms with Gasteiger partial charge in [-0.3, -0.25) is 5.32 Å². The van der Waals surface area contributed by atoms with Crippen LogP contribution in [0.2, 0.25) is 0 Å². The van der Waals surface area contributed by atoms with Crippen LogP contribution in [0.3, 0.4) is 0 Å². The van der Waals surface area contributed by atoms with Crippen molar-refractivity contribution in [1.82, 2.24) is 30.0 Å². The minimum Gasteiger partial charge on any atom is -0.478 e. The highest BCUT2D eigenvalue weighted by Crippen LogP contribution is 2.55. The second kappa shape index (κ2) is 10.8. The number of likely N-dealkylation sites (tertiary alicyclic amines) is 1. The molecule has 0 radical (unpaired) electrons. The molecule has 2 amide bonds. The molecule has 214 valence electrons. The van der Waals surface area contributed by atoms with Crippen LogP contribution in [-0.4, -0.2) is 78.0 Å². The van der Waals surface area contributed by atoms with E-state index in [0.29, 0.717) is 42.6 Å². The number of anilines is 1. The van der Waals surface area contributed by atoms with Crippen LogP contribution in [0.15, 0.2) is 12.4 Å². The van der Waals surface area contributed by atoms with Crippen molar-refractivity contribution >= 4 is 40.4 Å². The number of amides is 2. The molecule has 7 rings (SSSR count). The first-order valence-electron chi connectivity index (χ1n) is 14.5. The van der Waals surface area contributed by atoms with Gasteiger partial charge in [-0.2, -0.15) is 5.10 Å². The van der Waals surface area contributed by atoms with Gasteiger partial charge in [0.15, 0.2) is 5.65 Å². The number of nitrogens with zero attached hydrogens (tertiary/aromatic N) is 5. The molecule has 4 bridgehead atoms. The summed E-state index contributed by atoms with van der Waals surface area (Å²) in [5, 5.41) is 30.1. The predicted molar refractivity (Wildman–Crippen MR) is 147 cm³/mol. The Morgan fingerprint density at radius 2 is 1.60 bits per heavy atom. The second-order valence-electron chi connectivity index (χ2n) is 12.2. The molecule has 2 aromatic rings. The molecule has 5 fully saturated rings. The van der Waals surface area contributed by atoms with Crippen molar-refractivity contribution in [1.29, 1.82) is 0 Å². The van der Waals surface area contributed by atoms with Crippen molar-refractivity contribution in [2.75, 3.05) is 25.0 Å². The minimum atomic E-state index is -1.44. The topological polar surface area (TPSA) is 163 Å². The van der Waals surface area contributed by atoms with Gasteiger partial charge in [0.05, 0.1) is 17.5 Å². The molecule has 12 heteroatoms. The fourth-order valence-corrected chi connectivity index (χ4v) is 8.04. The maximum Gasteiger partial charge on any atom is 0.338 e. The molecule has 0 spiro atoms. The summed E-state index contributed by atoms with van der Waals surface area (Å²) < 4.78 is 1.60. The molecular weight excluding hydrogens is 514 g/mol. The van der Waals surface area contributed by atoms with E-state index >= 15 is 0 Å². The molecule has 4 aliphatic carbocycles. The van der Waals surface area contributed by atoms with E-state index in [1.807, 2.05) is 0 Å². The van der Waals surface area contributed by atoms with E-state index in [9.17, 15) is 24.6 Å². The number of nitrogens with one attached hydrogen (secondary N) is 2. The van der Waals surface area contributed by atoms with Crippen LogP contribution in [0.5, 0.6) is 0 Å². The molecule has 1 aliphatic heterocycles. The van der Waals surface area contributed by atoms with Crippen LogP contribution in [0.25, 0.3) is 16.6 Å². The highest BCUT2D eigenvalue weighted by Gasteiger charge is 2.51. The molecular formula is C28H37N7O5. The monoisotopic (exact) mass is 551 g/mol. The Morgan fingerprint density at radius 1 is 0.950 bits per heavy atom. The molecule has 0 atom stereocenters. The summed E-state index contributed by atoms with van der Waals surface area (Å²) in [5.74, 6) is -0.757. The summed E-state index contributed by atoms with van der Waals surface area (Å²) in [6.07, 6.45) is 13.3. The fraction of sp³-hybridized carbons (Fsp3) is 0.643. The summed E-state index contributed by atoms with van der Waals surface area (Å²) in [5.41, 5.74) is -0.445. The molecule has 3 heterocycles. The van der Waals surface area contributed by atoms with E-state index in [0.717, 1.165) is 45.2 Å². The fourth-order valence-electron chi connectivity index (χ4n) is 8.04. The number of hydrogen-bond donors (Lipinski definition) is 4. The maximum atomic E-state index is 13.4. The van der Waals surface area contributed by atoms with Gasteiger partial charge in [0.25, 0.3) is 0 Å². The van der Waals surface area contributed by atoms with Gasteiger partial charge in [0.1, 0.15) is 17.8 Å². The molecule has 4 N–H and O–H groups in total. The lowest BCUT2D eigenvalue weighted by Gasteiger charge is -2.56. The molecule has 2 aromatic heterocycles. The second-order valence-corrected chi connectivity index (χ2v) is 12.2. The van der Waals surface area contributed by atoms with Crippen LogP contribution in [0.1, 0.15) is 69.9 Å². The van der Waals surface area contributed by atoms with E-state index in [4.69, 9.17) is 0 Å². The highest BCUT2D eigenvalue weighted by molar-refractivity contribution is 6.23. The van der Waals surface area contributed by atoms with Gasteiger partial charge in [-0.1, -0.05) is 12.8 Å². The van der Waals surface area contributed by atoms with Crippen molar-refractivity contribution < 1.29 is 24.6 Å². The third-order valence-corrected chi connectivity index (χ3v) is 9.26. The number of aromatic nitrogens is 4. The Balaban J connectivity index is 1.30. The van der Waals surface area contributed by atoms with Crippen LogP contribution in [-0.2, 0) is 16.1 Å². The Bertz CT molecular complexity index is 1310. The number of fused-ring (bicyclic) bond motifs is 1. The van der Waals surface area contributed by atoms with Gasteiger partial charge in [-0.25, -0.2) is 29.0 Å². The molecule has 0 aromatic carbocycles. The first-order chi connectivity index (χ1) is 19.3. The van der Waals surface area contributed by atoms with Gasteiger partial charge in [-0.15, -0.1) is 0 Å². The summed E-state index contributed by atoms with van der Waals surface area (Å²) in [7, 11) is 0. The Labute approximate surface area is 232 Å². The zero-order valence-corrected chi connectivity index (χ0v) is 22.6. The highest BCUT2D eigenvalue weighted by atomic mass is 16.4. The van der Waals surface area contributed by atoms with E-state index in [2.05, 4.69) is 30.6 Å². The number of carbonyl (C=O) groups is 3. The number of carboxylic acid groups (broad SMARTS) is 2. The third kappa shape index (κ3) is 5.41. The lowest BCUT2D eigenvalue weighted by Crippen LogP contribution is -2.60. The lowest BCUT2D eigenvalue weighted by molar-refractivity contribution is -0.133. The summed E-state index contributed by atoms with van der Waals surface area (Å²) in [4.78, 5) is 48.1. The largest absolute Gasteiger partial charge is 0.478 e.